The van der Waals surface area contributed by atoms with Crippen LogP contribution in [0.2, 0.25) is 0 Å². The number of benzene rings is 1. The number of aromatic hydroxyl groups is 1. The highest BCUT2D eigenvalue weighted by Gasteiger charge is 2.40. The first-order valence-electron chi connectivity index (χ1n) is 8.95. The number of hydrogen-bond donors (Lipinski definition) is 1. The topological polar surface area (TPSA) is 29.5 Å². The van der Waals surface area contributed by atoms with Gasteiger partial charge in [-0.25, -0.2) is 0 Å². The summed E-state index contributed by atoms with van der Waals surface area (Å²) >= 11 is 0. The van der Waals surface area contributed by atoms with Gasteiger partial charge in [0.2, 0.25) is 0 Å². The fraction of sp³-hybridized carbons (Fsp3) is 0.619. The smallest absolute Gasteiger partial charge is 0.163 e. The van der Waals surface area contributed by atoms with Gasteiger partial charge in [-0.15, -0.1) is 0 Å². The molecule has 0 spiro atoms. The predicted octanol–water partition coefficient (Wildman–Crippen LogP) is 5.78. The molecule has 1 N–H and O–H groups in total. The van der Waals surface area contributed by atoms with Gasteiger partial charge in [0.25, 0.3) is 0 Å². The Kier molecular flexibility index (Phi) is 4.20. The molecule has 23 heavy (non-hydrogen) atoms. The highest BCUT2D eigenvalue weighted by Crippen LogP contribution is 2.57. The average molecular weight is 314 g/mol. The maximum absolute atomic E-state index is 10.9. The fourth-order valence-corrected chi connectivity index (χ4v) is 5.05. The highest BCUT2D eigenvalue weighted by molar-refractivity contribution is 5.64. The molecule has 0 fully saturated rings. The number of ether oxygens (including phenoxy) is 1. The van der Waals surface area contributed by atoms with Crippen molar-refractivity contribution in [2.75, 3.05) is 7.11 Å². The summed E-state index contributed by atoms with van der Waals surface area (Å²) in [5.41, 5.74) is 6.55. The monoisotopic (exact) mass is 314 g/mol. The van der Waals surface area contributed by atoms with E-state index in [0.717, 1.165) is 17.5 Å². The third kappa shape index (κ3) is 2.47. The molecule has 2 aliphatic rings. The van der Waals surface area contributed by atoms with Crippen LogP contribution < -0.4 is 4.74 Å². The van der Waals surface area contributed by atoms with E-state index in [-0.39, 0.29) is 0 Å². The first-order valence-corrected chi connectivity index (χ1v) is 8.95. The van der Waals surface area contributed by atoms with Crippen molar-refractivity contribution in [3.8, 4) is 11.5 Å². The first-order chi connectivity index (χ1) is 10.9. The zero-order valence-electron chi connectivity index (χ0n) is 15.4. The number of allylic oxidation sites excluding steroid dienone is 2. The molecule has 4 atom stereocenters. The number of methoxy groups -OCH3 is 1. The Morgan fingerprint density at radius 1 is 1.13 bits per heavy atom. The molecule has 2 heteroatoms. The van der Waals surface area contributed by atoms with Crippen LogP contribution >= 0.6 is 0 Å². The second-order valence-electron chi connectivity index (χ2n) is 7.90. The molecule has 0 saturated carbocycles. The zero-order chi connectivity index (χ0) is 16.9. The molecule has 0 aliphatic heterocycles. The van der Waals surface area contributed by atoms with Crippen molar-refractivity contribution in [2.45, 2.75) is 71.6 Å². The van der Waals surface area contributed by atoms with Crippen molar-refractivity contribution in [1.82, 2.24) is 0 Å². The van der Waals surface area contributed by atoms with E-state index in [2.05, 4.69) is 40.7 Å². The van der Waals surface area contributed by atoms with Crippen LogP contribution in [0.25, 0.3) is 0 Å². The second kappa shape index (κ2) is 5.89. The largest absolute Gasteiger partial charge is 0.504 e. The molecule has 126 valence electrons. The molecule has 0 amide bonds. The van der Waals surface area contributed by atoms with Crippen molar-refractivity contribution < 1.29 is 9.84 Å². The predicted molar refractivity (Wildman–Crippen MR) is 95.7 cm³/mol. The molecule has 0 saturated heterocycles. The lowest BCUT2D eigenvalue weighted by molar-refractivity contribution is 0.314. The van der Waals surface area contributed by atoms with Crippen LogP contribution in [0.15, 0.2) is 11.6 Å². The number of hydrogen-bond acceptors (Lipinski definition) is 2. The molecule has 1 unspecified atom stereocenters. The summed E-state index contributed by atoms with van der Waals surface area (Å²) in [5.74, 6) is 3.20. The van der Waals surface area contributed by atoms with E-state index < -0.39 is 0 Å². The lowest BCUT2D eigenvalue weighted by Crippen LogP contribution is -2.28. The van der Waals surface area contributed by atoms with Crippen molar-refractivity contribution in [3.05, 3.63) is 33.9 Å². The molecular weight excluding hydrogens is 284 g/mol. The van der Waals surface area contributed by atoms with Crippen LogP contribution in [0.5, 0.6) is 11.5 Å². The minimum absolute atomic E-state index is 0.394. The Balaban J connectivity index is 2.35. The number of phenolic OH excluding ortho intramolecular Hbond substituents is 1. The molecule has 3 rings (SSSR count). The van der Waals surface area contributed by atoms with E-state index in [9.17, 15) is 5.11 Å². The van der Waals surface area contributed by atoms with Crippen LogP contribution in [0.3, 0.4) is 0 Å². The standard InChI is InChI=1S/C21H30O2/c1-11(2)9-15-10-13(4)16-8-7-12(3)17-19(16)18(15)14(5)21(23-6)20(17)22/h9,12-13,15-16,22H,7-8,10H2,1-6H3/t12-,13-,15+,16?/m0/s1. The minimum atomic E-state index is 0.394. The molecule has 2 aliphatic carbocycles. The molecule has 0 radical (unpaired) electrons. The minimum Gasteiger partial charge on any atom is -0.504 e. The van der Waals surface area contributed by atoms with Crippen molar-refractivity contribution in [3.63, 3.8) is 0 Å². The Hall–Kier alpha value is -1.44. The quantitative estimate of drug-likeness (QED) is 0.701. The van der Waals surface area contributed by atoms with Gasteiger partial charge in [0.15, 0.2) is 11.5 Å². The molecule has 1 aromatic rings. The van der Waals surface area contributed by atoms with Gasteiger partial charge in [0, 0.05) is 11.5 Å². The van der Waals surface area contributed by atoms with E-state index in [1.807, 2.05) is 0 Å². The summed E-state index contributed by atoms with van der Waals surface area (Å²) in [4.78, 5) is 0. The first kappa shape index (κ1) is 16.4. The summed E-state index contributed by atoms with van der Waals surface area (Å²) in [5, 5.41) is 10.9. The summed E-state index contributed by atoms with van der Waals surface area (Å²) < 4.78 is 5.60. The van der Waals surface area contributed by atoms with E-state index in [1.165, 1.54) is 29.5 Å². The van der Waals surface area contributed by atoms with Crippen molar-refractivity contribution in [2.24, 2.45) is 5.92 Å². The molecule has 0 bridgehead atoms. The van der Waals surface area contributed by atoms with E-state index in [1.54, 1.807) is 7.11 Å². The van der Waals surface area contributed by atoms with Gasteiger partial charge in [-0.3, -0.25) is 0 Å². The van der Waals surface area contributed by atoms with Gasteiger partial charge >= 0.3 is 0 Å². The Morgan fingerprint density at radius 3 is 2.43 bits per heavy atom. The molecular formula is C21H30O2. The van der Waals surface area contributed by atoms with Crippen LogP contribution in [0.4, 0.5) is 0 Å². The van der Waals surface area contributed by atoms with E-state index >= 15 is 0 Å². The zero-order valence-corrected chi connectivity index (χ0v) is 15.4. The molecule has 0 heterocycles. The van der Waals surface area contributed by atoms with E-state index in [0.29, 0.717) is 35.2 Å². The molecule has 2 nitrogen and oxygen atoms in total. The second-order valence-corrected chi connectivity index (χ2v) is 7.90. The van der Waals surface area contributed by atoms with Crippen molar-refractivity contribution in [1.29, 1.82) is 0 Å². The van der Waals surface area contributed by atoms with Gasteiger partial charge in [-0.2, -0.15) is 0 Å². The van der Waals surface area contributed by atoms with Crippen LogP contribution in [-0.4, -0.2) is 12.2 Å². The van der Waals surface area contributed by atoms with Crippen molar-refractivity contribution >= 4 is 0 Å². The highest BCUT2D eigenvalue weighted by atomic mass is 16.5. The van der Waals surface area contributed by atoms with Gasteiger partial charge in [-0.05, 0) is 74.5 Å². The summed E-state index contributed by atoms with van der Waals surface area (Å²) in [7, 11) is 1.67. The van der Waals surface area contributed by atoms with Crippen LogP contribution in [0, 0.1) is 12.8 Å². The van der Waals surface area contributed by atoms with Crippen LogP contribution in [0.1, 0.15) is 87.0 Å². The lowest BCUT2D eigenvalue weighted by Gasteiger charge is -2.43. The SMILES string of the molecule is COc1c(C)c2c3c(c1O)[C@@H](C)CCC3[C@@H](C)C[C@H]2C=C(C)C. The third-order valence-corrected chi connectivity index (χ3v) is 5.99. The van der Waals surface area contributed by atoms with Gasteiger partial charge in [0.05, 0.1) is 7.11 Å². The van der Waals surface area contributed by atoms with Crippen LogP contribution in [-0.2, 0) is 0 Å². The Bertz CT molecular complexity index is 653. The fourth-order valence-electron chi connectivity index (χ4n) is 5.05. The molecule has 1 aromatic carbocycles. The van der Waals surface area contributed by atoms with Gasteiger partial charge in [-0.1, -0.05) is 25.5 Å². The number of rotatable bonds is 2. The molecule has 0 aromatic heterocycles. The Labute approximate surface area is 140 Å². The summed E-state index contributed by atoms with van der Waals surface area (Å²) in [6.45, 7) is 11.1. The Morgan fingerprint density at radius 2 is 1.83 bits per heavy atom. The van der Waals surface area contributed by atoms with Gasteiger partial charge in [0.1, 0.15) is 0 Å². The van der Waals surface area contributed by atoms with E-state index in [4.69, 9.17) is 4.74 Å². The maximum Gasteiger partial charge on any atom is 0.163 e. The summed E-state index contributed by atoms with van der Waals surface area (Å²) in [6.07, 6.45) is 6.01. The lowest BCUT2D eigenvalue weighted by atomic mass is 9.62. The number of phenols is 1. The average Bonchev–Trinajstić information content (AvgIpc) is 2.46. The maximum atomic E-state index is 10.9. The normalized spacial score (nSPS) is 29.0. The summed E-state index contributed by atoms with van der Waals surface area (Å²) in [6, 6.07) is 0. The van der Waals surface area contributed by atoms with Gasteiger partial charge < -0.3 is 9.84 Å². The third-order valence-electron chi connectivity index (χ3n) is 5.99.